The quantitative estimate of drug-likeness (QED) is 0.433. The van der Waals surface area contributed by atoms with Crippen molar-refractivity contribution in [3.63, 3.8) is 0 Å². The van der Waals surface area contributed by atoms with Crippen molar-refractivity contribution in [1.29, 1.82) is 0 Å². The summed E-state index contributed by atoms with van der Waals surface area (Å²) in [5.41, 5.74) is 0.150. The number of carbonyl (C=O) groups excluding carboxylic acids is 5. The van der Waals surface area contributed by atoms with Gasteiger partial charge in [0.2, 0.25) is 11.8 Å². The van der Waals surface area contributed by atoms with Crippen molar-refractivity contribution in [2.24, 2.45) is 5.92 Å². The van der Waals surface area contributed by atoms with Crippen molar-refractivity contribution in [3.8, 4) is 5.75 Å². The smallest absolute Gasteiger partial charge is 0.266 e. The van der Waals surface area contributed by atoms with E-state index in [0.717, 1.165) is 30.7 Å². The van der Waals surface area contributed by atoms with Crippen molar-refractivity contribution in [3.05, 3.63) is 29.3 Å². The van der Waals surface area contributed by atoms with Crippen LogP contribution in [0.2, 0.25) is 0 Å². The van der Waals surface area contributed by atoms with E-state index in [4.69, 9.17) is 12.7 Å². The number of imide groups is 2. The van der Waals surface area contributed by atoms with Crippen molar-refractivity contribution in [2.45, 2.75) is 38.1 Å². The van der Waals surface area contributed by atoms with Gasteiger partial charge in [-0.3, -0.25) is 34.2 Å². The molecule has 172 valence electrons. The van der Waals surface area contributed by atoms with Crippen LogP contribution in [0.15, 0.2) is 18.2 Å². The van der Waals surface area contributed by atoms with Crippen molar-refractivity contribution in [1.82, 2.24) is 20.3 Å². The zero-order valence-electron chi connectivity index (χ0n) is 18.2. The number of nitrogens with one attached hydrogen (secondary N) is 2. The average Bonchev–Trinajstić information content (AvgIpc) is 3.07. The third kappa shape index (κ3) is 4.63. The molecule has 0 bridgehead atoms. The Balaban J connectivity index is 1.41. The van der Waals surface area contributed by atoms with Gasteiger partial charge in [0.05, 0.1) is 11.1 Å². The highest BCUT2D eigenvalue weighted by Crippen LogP contribution is 2.33. The summed E-state index contributed by atoms with van der Waals surface area (Å²) in [7, 11) is 5.32. The molecule has 0 saturated carbocycles. The Bertz CT molecular complexity index is 991. The van der Waals surface area contributed by atoms with Crippen LogP contribution in [0.4, 0.5) is 0 Å². The van der Waals surface area contributed by atoms with Crippen LogP contribution in [0.3, 0.4) is 0 Å². The molecule has 0 aromatic heterocycles. The minimum atomic E-state index is -1.06. The highest BCUT2D eigenvalue weighted by atomic mass is 16.5. The van der Waals surface area contributed by atoms with Gasteiger partial charge >= 0.3 is 0 Å². The van der Waals surface area contributed by atoms with E-state index in [0.29, 0.717) is 19.0 Å². The number of carbonyl (C=O) groups is 5. The molecule has 3 aliphatic heterocycles. The van der Waals surface area contributed by atoms with Gasteiger partial charge < -0.3 is 14.9 Å². The second kappa shape index (κ2) is 9.74. The van der Waals surface area contributed by atoms with E-state index in [2.05, 4.69) is 10.5 Å². The number of likely N-dealkylation sites (tertiary alicyclic amines) is 1. The Morgan fingerprint density at radius 3 is 2.58 bits per heavy atom. The third-order valence-corrected chi connectivity index (χ3v) is 6.45. The molecule has 2 fully saturated rings. The van der Waals surface area contributed by atoms with Gasteiger partial charge in [-0.1, -0.05) is 6.07 Å². The van der Waals surface area contributed by atoms with Crippen molar-refractivity contribution < 1.29 is 28.7 Å². The number of benzene rings is 1. The van der Waals surface area contributed by atoms with Crippen molar-refractivity contribution in [2.75, 3.05) is 26.2 Å². The summed E-state index contributed by atoms with van der Waals surface area (Å²) in [5.74, 6) is -1.94. The number of hydrogen-bond acceptors (Lipinski definition) is 7. The fourth-order valence-electron chi connectivity index (χ4n) is 4.59. The first-order chi connectivity index (χ1) is 15.9. The maximum absolute atomic E-state index is 13.1. The third-order valence-electron chi connectivity index (χ3n) is 6.45. The number of ether oxygens (including phenoxy) is 1. The lowest BCUT2D eigenvalue weighted by atomic mass is 9.93. The van der Waals surface area contributed by atoms with Gasteiger partial charge in [0.1, 0.15) is 11.8 Å². The van der Waals surface area contributed by atoms with Crippen LogP contribution in [0.5, 0.6) is 5.75 Å². The lowest BCUT2D eigenvalue weighted by Crippen LogP contribution is -2.54. The molecular formula is C22H25BN4O6. The second-order valence-corrected chi connectivity index (χ2v) is 8.48. The van der Waals surface area contributed by atoms with Gasteiger partial charge in [-0.2, -0.15) is 0 Å². The van der Waals surface area contributed by atoms with Gasteiger partial charge in [0, 0.05) is 19.5 Å². The minimum absolute atomic E-state index is 0.0352. The predicted octanol–water partition coefficient (Wildman–Crippen LogP) is -0.232. The van der Waals surface area contributed by atoms with E-state index in [9.17, 15) is 24.0 Å². The number of hydrogen-bond donors (Lipinski definition) is 2. The molecule has 3 heterocycles. The first-order valence-electron chi connectivity index (χ1n) is 11.1. The zero-order chi connectivity index (χ0) is 23.5. The van der Waals surface area contributed by atoms with Crippen LogP contribution in [0, 0.1) is 5.92 Å². The largest absolute Gasteiger partial charge is 0.483 e. The second-order valence-electron chi connectivity index (χ2n) is 8.48. The molecule has 1 atom stereocenters. The summed E-state index contributed by atoms with van der Waals surface area (Å²) in [6.07, 6.45) is 2.86. The molecule has 2 saturated heterocycles. The van der Waals surface area contributed by atoms with E-state index in [-0.39, 0.29) is 42.2 Å². The normalized spacial score (nSPS) is 21.3. The minimum Gasteiger partial charge on any atom is -0.483 e. The Kier molecular flexibility index (Phi) is 6.78. The van der Waals surface area contributed by atoms with E-state index in [1.165, 1.54) is 12.1 Å². The SMILES string of the molecule is [B]NCCC1CCN(C(=O)COc2cccc3c2C(=O)N(C2CCC(=O)NC2=O)C3=O)CC1. The lowest BCUT2D eigenvalue weighted by molar-refractivity contribution is -0.136. The van der Waals surface area contributed by atoms with Crippen LogP contribution >= 0.6 is 0 Å². The number of piperidine rings is 2. The highest BCUT2D eigenvalue weighted by Gasteiger charge is 2.46. The maximum Gasteiger partial charge on any atom is 0.266 e. The molecule has 2 N–H and O–H groups in total. The monoisotopic (exact) mass is 452 g/mol. The standard InChI is InChI=1S/C22H25BN4O6/c23-24-9-6-13-7-10-26(11-8-13)18(29)12-33-16-3-1-2-14-19(16)22(32)27(21(14)31)15-4-5-17(28)25-20(15)30/h1-3,13,15,24H,4-12H2,(H,25,28,30). The molecule has 4 rings (SSSR count). The molecule has 5 amide bonds. The highest BCUT2D eigenvalue weighted by molar-refractivity contribution is 6.24. The lowest BCUT2D eigenvalue weighted by Gasteiger charge is -2.32. The molecular weight excluding hydrogens is 427 g/mol. The van der Waals surface area contributed by atoms with Gasteiger partial charge in [0.25, 0.3) is 17.7 Å². The molecule has 1 aromatic carbocycles. The molecule has 0 spiro atoms. The Labute approximate surface area is 192 Å². The van der Waals surface area contributed by atoms with E-state index in [1.807, 2.05) is 0 Å². The van der Waals surface area contributed by atoms with Gasteiger partial charge in [-0.25, -0.2) is 0 Å². The molecule has 2 radical (unpaired) electrons. The molecule has 33 heavy (non-hydrogen) atoms. The predicted molar refractivity (Wildman–Crippen MR) is 116 cm³/mol. The molecule has 3 aliphatic rings. The summed E-state index contributed by atoms with van der Waals surface area (Å²) in [6, 6.07) is 3.52. The number of amides is 5. The average molecular weight is 452 g/mol. The fourth-order valence-corrected chi connectivity index (χ4v) is 4.59. The maximum atomic E-state index is 13.1. The van der Waals surface area contributed by atoms with Crippen molar-refractivity contribution >= 4 is 37.5 Å². The number of fused-ring (bicyclic) bond motifs is 1. The Morgan fingerprint density at radius 2 is 1.88 bits per heavy atom. The van der Waals surface area contributed by atoms with Crippen LogP contribution in [-0.4, -0.2) is 79.6 Å². The Hall–Kier alpha value is -3.21. The van der Waals surface area contributed by atoms with Crippen LogP contribution in [0.25, 0.3) is 0 Å². The summed E-state index contributed by atoms with van der Waals surface area (Å²) in [4.78, 5) is 64.9. The van der Waals surface area contributed by atoms with Gasteiger partial charge in [-0.15, -0.1) is 0 Å². The first-order valence-corrected chi connectivity index (χ1v) is 11.1. The molecule has 0 aliphatic carbocycles. The van der Waals surface area contributed by atoms with E-state index >= 15 is 0 Å². The number of nitrogens with zero attached hydrogens (tertiary/aromatic N) is 2. The summed E-state index contributed by atoms with van der Waals surface area (Å²) < 4.78 is 5.68. The molecule has 11 heteroatoms. The van der Waals surface area contributed by atoms with Crippen LogP contribution < -0.4 is 15.3 Å². The van der Waals surface area contributed by atoms with E-state index in [1.54, 1.807) is 11.0 Å². The fraction of sp³-hybridized carbons (Fsp3) is 0.500. The van der Waals surface area contributed by atoms with Gasteiger partial charge in [0.15, 0.2) is 14.6 Å². The Morgan fingerprint density at radius 1 is 1.12 bits per heavy atom. The summed E-state index contributed by atoms with van der Waals surface area (Å²) >= 11 is 0. The molecule has 10 nitrogen and oxygen atoms in total. The molecule has 1 unspecified atom stereocenters. The summed E-state index contributed by atoms with van der Waals surface area (Å²) in [5, 5.41) is 4.81. The molecule has 1 aromatic rings. The van der Waals surface area contributed by atoms with Gasteiger partial charge in [-0.05, 0) is 50.3 Å². The van der Waals surface area contributed by atoms with Crippen LogP contribution in [0.1, 0.15) is 52.8 Å². The zero-order valence-corrected chi connectivity index (χ0v) is 18.2. The van der Waals surface area contributed by atoms with E-state index < -0.39 is 29.7 Å². The van der Waals surface area contributed by atoms with Crippen LogP contribution in [-0.2, 0) is 14.4 Å². The topological polar surface area (TPSA) is 125 Å². The first kappa shape index (κ1) is 23.0. The number of rotatable bonds is 7. The summed E-state index contributed by atoms with van der Waals surface area (Å²) in [6.45, 7) is 1.74.